The molecule has 3 rings (SSSR count). The normalized spacial score (nSPS) is 12.2. The fourth-order valence-electron chi connectivity index (χ4n) is 2.22. The van der Waals surface area contributed by atoms with E-state index in [0.717, 1.165) is 10.8 Å². The van der Waals surface area contributed by atoms with E-state index in [9.17, 15) is 9.00 Å². The van der Waals surface area contributed by atoms with Crippen LogP contribution >= 0.6 is 0 Å². The van der Waals surface area contributed by atoms with E-state index >= 15 is 0 Å². The molecule has 0 aliphatic rings. The first kappa shape index (κ1) is 13.7. The summed E-state index contributed by atoms with van der Waals surface area (Å²) < 4.78 is 12.2. The molecular formula is C18H14O2S. The van der Waals surface area contributed by atoms with Crippen LogP contribution in [-0.2, 0) is 10.8 Å². The minimum absolute atomic E-state index is 0.0162. The van der Waals surface area contributed by atoms with Gasteiger partial charge in [0, 0.05) is 10.5 Å². The summed E-state index contributed by atoms with van der Waals surface area (Å²) in [7, 11) is -1.30. The van der Waals surface area contributed by atoms with Crippen LogP contribution in [0, 0.1) is 0 Å². The number of benzene rings is 3. The van der Waals surface area contributed by atoms with Gasteiger partial charge in [-0.15, -0.1) is 0 Å². The van der Waals surface area contributed by atoms with Crippen molar-refractivity contribution in [2.45, 2.75) is 4.90 Å². The van der Waals surface area contributed by atoms with Crippen molar-refractivity contribution < 1.29 is 9.00 Å². The first-order valence-electron chi connectivity index (χ1n) is 6.69. The molecule has 0 amide bonds. The lowest BCUT2D eigenvalue weighted by Crippen LogP contribution is -2.11. The maximum absolute atomic E-state index is 12.3. The van der Waals surface area contributed by atoms with Gasteiger partial charge >= 0.3 is 0 Å². The van der Waals surface area contributed by atoms with Crippen molar-refractivity contribution in [1.82, 2.24) is 0 Å². The number of hydrogen-bond acceptors (Lipinski definition) is 2. The molecule has 2 nitrogen and oxygen atoms in total. The molecule has 104 valence electrons. The number of fused-ring (bicyclic) bond motifs is 1. The number of Topliss-reactive ketones (excluding diaryl/α,β-unsaturated/α-hetero) is 1. The molecule has 0 heterocycles. The summed E-state index contributed by atoms with van der Waals surface area (Å²) >= 11 is 0. The molecule has 0 bridgehead atoms. The SMILES string of the molecule is O=C(CS(=O)c1ccccc1)c1ccc2ccccc2c1. The van der Waals surface area contributed by atoms with Crippen LogP contribution in [0.1, 0.15) is 10.4 Å². The first-order chi connectivity index (χ1) is 10.2. The smallest absolute Gasteiger partial charge is 0.175 e. The van der Waals surface area contributed by atoms with Gasteiger partial charge in [-0.25, -0.2) is 0 Å². The standard InChI is InChI=1S/C18H14O2S/c19-18(13-21(20)17-8-2-1-3-9-17)16-11-10-14-6-4-5-7-15(14)12-16/h1-12H,13H2. The van der Waals surface area contributed by atoms with Crippen LogP contribution in [0.4, 0.5) is 0 Å². The molecule has 0 saturated heterocycles. The van der Waals surface area contributed by atoms with E-state index in [0.29, 0.717) is 10.5 Å². The van der Waals surface area contributed by atoms with Crippen LogP contribution in [0.2, 0.25) is 0 Å². The zero-order valence-electron chi connectivity index (χ0n) is 11.4. The molecule has 0 saturated carbocycles. The number of carbonyl (C=O) groups is 1. The van der Waals surface area contributed by atoms with Crippen molar-refractivity contribution in [2.24, 2.45) is 0 Å². The molecule has 0 radical (unpaired) electrons. The van der Waals surface area contributed by atoms with Gasteiger partial charge < -0.3 is 0 Å². The summed E-state index contributed by atoms with van der Waals surface area (Å²) in [4.78, 5) is 13.0. The second-order valence-corrected chi connectivity index (χ2v) is 6.24. The monoisotopic (exact) mass is 294 g/mol. The molecule has 3 heteroatoms. The maximum Gasteiger partial charge on any atom is 0.175 e. The second kappa shape index (κ2) is 6.02. The second-order valence-electron chi connectivity index (χ2n) is 4.79. The van der Waals surface area contributed by atoms with E-state index in [2.05, 4.69) is 0 Å². The van der Waals surface area contributed by atoms with Crippen molar-refractivity contribution >= 4 is 27.4 Å². The molecule has 0 aromatic heterocycles. The quantitative estimate of drug-likeness (QED) is 0.685. The van der Waals surface area contributed by atoms with Gasteiger partial charge in [-0.05, 0) is 29.0 Å². The van der Waals surface area contributed by atoms with Crippen LogP contribution in [0.3, 0.4) is 0 Å². The average molecular weight is 294 g/mol. The number of carbonyl (C=O) groups excluding carboxylic acids is 1. The van der Waals surface area contributed by atoms with Crippen molar-refractivity contribution in [1.29, 1.82) is 0 Å². The molecule has 1 unspecified atom stereocenters. The third kappa shape index (κ3) is 3.09. The number of hydrogen-bond donors (Lipinski definition) is 0. The largest absolute Gasteiger partial charge is 0.293 e. The van der Waals surface area contributed by atoms with Crippen LogP contribution < -0.4 is 0 Å². The summed E-state index contributed by atoms with van der Waals surface area (Å²) in [5.74, 6) is -0.0783. The van der Waals surface area contributed by atoms with E-state index in [4.69, 9.17) is 0 Å². The third-order valence-corrected chi connectivity index (χ3v) is 4.66. The summed E-state index contributed by atoms with van der Waals surface area (Å²) in [6.45, 7) is 0. The van der Waals surface area contributed by atoms with Gasteiger partial charge in [0.2, 0.25) is 0 Å². The van der Waals surface area contributed by atoms with Gasteiger partial charge in [-0.2, -0.15) is 0 Å². The van der Waals surface area contributed by atoms with Gasteiger partial charge in [0.25, 0.3) is 0 Å². The fraction of sp³-hybridized carbons (Fsp3) is 0.0556. The van der Waals surface area contributed by atoms with Crippen molar-refractivity contribution in [3.63, 3.8) is 0 Å². The van der Waals surface area contributed by atoms with E-state index in [1.807, 2.05) is 54.6 Å². The van der Waals surface area contributed by atoms with E-state index in [1.54, 1.807) is 18.2 Å². The van der Waals surface area contributed by atoms with Gasteiger partial charge in [-0.3, -0.25) is 9.00 Å². The lowest BCUT2D eigenvalue weighted by molar-refractivity contribution is 0.102. The van der Waals surface area contributed by atoms with Crippen molar-refractivity contribution in [3.05, 3.63) is 78.4 Å². The summed E-state index contributed by atoms with van der Waals surface area (Å²) in [6.07, 6.45) is 0. The Bertz CT molecular complexity index is 810. The van der Waals surface area contributed by atoms with Crippen LogP contribution in [0.5, 0.6) is 0 Å². The molecule has 0 fully saturated rings. The Balaban J connectivity index is 1.82. The zero-order valence-corrected chi connectivity index (χ0v) is 12.2. The zero-order chi connectivity index (χ0) is 14.7. The van der Waals surface area contributed by atoms with E-state index in [-0.39, 0.29) is 11.5 Å². The van der Waals surface area contributed by atoms with E-state index < -0.39 is 10.8 Å². The molecule has 1 atom stereocenters. The molecule has 3 aromatic carbocycles. The summed E-state index contributed by atoms with van der Waals surface area (Å²) in [5, 5.41) is 2.12. The van der Waals surface area contributed by atoms with Crippen molar-refractivity contribution in [2.75, 3.05) is 5.75 Å². The lowest BCUT2D eigenvalue weighted by Gasteiger charge is -2.04. The Morgan fingerprint density at radius 2 is 1.48 bits per heavy atom. The van der Waals surface area contributed by atoms with E-state index in [1.165, 1.54) is 0 Å². The van der Waals surface area contributed by atoms with Crippen LogP contribution in [-0.4, -0.2) is 15.7 Å². The Kier molecular flexibility index (Phi) is 3.93. The molecule has 3 aromatic rings. The van der Waals surface area contributed by atoms with Gasteiger partial charge in [0.05, 0.1) is 16.6 Å². The van der Waals surface area contributed by atoms with Crippen molar-refractivity contribution in [3.8, 4) is 0 Å². The predicted molar refractivity (Wildman–Crippen MR) is 86.0 cm³/mol. The van der Waals surface area contributed by atoms with Crippen LogP contribution in [0.15, 0.2) is 77.7 Å². The fourth-order valence-corrected chi connectivity index (χ4v) is 3.25. The minimum Gasteiger partial charge on any atom is -0.293 e. The molecular weight excluding hydrogens is 280 g/mol. The lowest BCUT2D eigenvalue weighted by atomic mass is 10.1. The minimum atomic E-state index is -1.30. The molecule has 0 spiro atoms. The predicted octanol–water partition coefficient (Wildman–Crippen LogP) is 3.83. The maximum atomic E-state index is 12.3. The summed E-state index contributed by atoms with van der Waals surface area (Å²) in [5.41, 5.74) is 0.609. The highest BCUT2D eigenvalue weighted by Crippen LogP contribution is 2.17. The molecule has 0 aliphatic carbocycles. The first-order valence-corrected chi connectivity index (χ1v) is 8.01. The Morgan fingerprint density at radius 3 is 2.24 bits per heavy atom. The molecule has 21 heavy (non-hydrogen) atoms. The average Bonchev–Trinajstić information content (AvgIpc) is 2.55. The highest BCUT2D eigenvalue weighted by Gasteiger charge is 2.12. The van der Waals surface area contributed by atoms with Gasteiger partial charge in [-0.1, -0.05) is 54.6 Å². The Labute approximate surface area is 125 Å². The highest BCUT2D eigenvalue weighted by molar-refractivity contribution is 7.85. The van der Waals surface area contributed by atoms with Crippen LogP contribution in [0.25, 0.3) is 10.8 Å². The summed E-state index contributed by atoms with van der Waals surface area (Å²) in [6, 6.07) is 22.6. The Morgan fingerprint density at radius 1 is 0.810 bits per heavy atom. The third-order valence-electron chi connectivity index (χ3n) is 3.34. The molecule has 0 aliphatic heterocycles. The highest BCUT2D eigenvalue weighted by atomic mass is 32.2. The Hall–Kier alpha value is -2.26. The van der Waals surface area contributed by atoms with Gasteiger partial charge in [0.15, 0.2) is 5.78 Å². The van der Waals surface area contributed by atoms with Gasteiger partial charge in [0.1, 0.15) is 0 Å². The number of ketones is 1. The molecule has 0 N–H and O–H groups in total. The number of rotatable bonds is 4. The topological polar surface area (TPSA) is 34.1 Å².